The third kappa shape index (κ3) is 1.27. The summed E-state index contributed by atoms with van der Waals surface area (Å²) in [6, 6.07) is 7.70. The van der Waals surface area contributed by atoms with E-state index in [1.54, 1.807) is 11.3 Å². The molecule has 0 amide bonds. The van der Waals surface area contributed by atoms with Gasteiger partial charge < -0.3 is 4.74 Å². The van der Waals surface area contributed by atoms with Gasteiger partial charge in [-0.15, -0.1) is 11.3 Å². The molecule has 1 aromatic heterocycles. The lowest BCUT2D eigenvalue weighted by atomic mass is 10.2. The second kappa shape index (κ2) is 3.07. The molecule has 3 rings (SSSR count). The Kier molecular flexibility index (Phi) is 1.83. The Hall–Kier alpha value is -1.35. The first-order valence-corrected chi connectivity index (χ1v) is 5.79. The van der Waals surface area contributed by atoms with E-state index in [2.05, 4.69) is 0 Å². The molecular weight excluding hydrogens is 208 g/mol. The number of hydrogen-bond donors (Lipinski definition) is 0. The van der Waals surface area contributed by atoms with Crippen LogP contribution in [0.2, 0.25) is 0 Å². The Balaban J connectivity index is 2.40. The van der Waals surface area contributed by atoms with Gasteiger partial charge in [-0.05, 0) is 19.1 Å². The van der Waals surface area contributed by atoms with Gasteiger partial charge in [-0.2, -0.15) is 0 Å². The second-order valence-electron chi connectivity index (χ2n) is 3.81. The molecule has 1 atom stereocenters. The summed E-state index contributed by atoms with van der Waals surface area (Å²) in [4.78, 5) is 13.1. The smallest absolute Gasteiger partial charge is 0.230 e. The van der Waals surface area contributed by atoms with E-state index >= 15 is 0 Å². The standard InChI is InChI=1S/C12H10O2S/c1-7-6-10-12(14-7)11(13)8-4-2-3-5-9(8)15-10/h2-5,7H,6H2,1H3. The number of benzene rings is 1. The van der Waals surface area contributed by atoms with Crippen molar-refractivity contribution in [1.82, 2.24) is 0 Å². The molecule has 0 radical (unpaired) electrons. The van der Waals surface area contributed by atoms with Gasteiger partial charge in [-0.25, -0.2) is 0 Å². The molecule has 1 aliphatic heterocycles. The lowest BCUT2D eigenvalue weighted by Gasteiger charge is -2.01. The summed E-state index contributed by atoms with van der Waals surface area (Å²) in [6.07, 6.45) is 1.00. The molecular formula is C12H10O2S. The Morgan fingerprint density at radius 2 is 2.20 bits per heavy atom. The summed E-state index contributed by atoms with van der Waals surface area (Å²) >= 11 is 1.67. The van der Waals surface area contributed by atoms with Gasteiger partial charge >= 0.3 is 0 Å². The highest BCUT2D eigenvalue weighted by molar-refractivity contribution is 7.18. The maximum absolute atomic E-state index is 12.0. The molecule has 1 aromatic carbocycles. The first kappa shape index (κ1) is 8.92. The minimum atomic E-state index is 0.0451. The summed E-state index contributed by atoms with van der Waals surface area (Å²) in [5, 5.41) is 0.773. The molecule has 15 heavy (non-hydrogen) atoms. The monoisotopic (exact) mass is 218 g/mol. The predicted octanol–water partition coefficient (Wildman–Crippen LogP) is 2.58. The van der Waals surface area contributed by atoms with E-state index in [0.717, 1.165) is 21.4 Å². The molecule has 2 nitrogen and oxygen atoms in total. The first-order chi connectivity index (χ1) is 7.25. The van der Waals surface area contributed by atoms with E-state index in [4.69, 9.17) is 4.74 Å². The quantitative estimate of drug-likeness (QED) is 0.679. The number of fused-ring (bicyclic) bond motifs is 2. The fraction of sp³-hybridized carbons (Fsp3) is 0.250. The van der Waals surface area contributed by atoms with E-state index < -0.39 is 0 Å². The summed E-state index contributed by atoms with van der Waals surface area (Å²) in [6.45, 7) is 2.00. The van der Waals surface area contributed by atoms with Crippen LogP contribution in [0.25, 0.3) is 10.1 Å². The fourth-order valence-corrected chi connectivity index (χ4v) is 3.16. The van der Waals surface area contributed by atoms with Gasteiger partial charge in [0.1, 0.15) is 6.10 Å². The van der Waals surface area contributed by atoms with Crippen LogP contribution in [0.1, 0.15) is 11.8 Å². The van der Waals surface area contributed by atoms with Crippen molar-refractivity contribution >= 4 is 21.4 Å². The van der Waals surface area contributed by atoms with Crippen molar-refractivity contribution in [1.29, 1.82) is 0 Å². The summed E-state index contributed by atoms with van der Waals surface area (Å²) in [5.74, 6) is 0.575. The van der Waals surface area contributed by atoms with Gasteiger partial charge in [0.25, 0.3) is 0 Å². The molecule has 0 aliphatic carbocycles. The molecule has 0 saturated carbocycles. The maximum atomic E-state index is 12.0. The minimum absolute atomic E-state index is 0.0451. The lowest BCUT2D eigenvalue weighted by Crippen LogP contribution is -2.09. The van der Waals surface area contributed by atoms with E-state index in [9.17, 15) is 4.79 Å². The fourth-order valence-electron chi connectivity index (χ4n) is 1.93. The third-order valence-electron chi connectivity index (χ3n) is 2.62. The van der Waals surface area contributed by atoms with E-state index in [1.807, 2.05) is 31.2 Å². The average Bonchev–Trinajstić information content (AvgIpc) is 2.59. The molecule has 2 aromatic rings. The lowest BCUT2D eigenvalue weighted by molar-refractivity contribution is 0.253. The van der Waals surface area contributed by atoms with Crippen molar-refractivity contribution in [2.45, 2.75) is 19.4 Å². The third-order valence-corrected chi connectivity index (χ3v) is 3.79. The first-order valence-electron chi connectivity index (χ1n) is 4.97. The summed E-state index contributed by atoms with van der Waals surface area (Å²) in [5.41, 5.74) is 0.0451. The molecule has 0 spiro atoms. The maximum Gasteiger partial charge on any atom is 0.230 e. The molecule has 0 N–H and O–H groups in total. The largest absolute Gasteiger partial charge is 0.485 e. The Bertz CT molecular complexity index is 586. The van der Waals surface area contributed by atoms with E-state index in [-0.39, 0.29) is 11.5 Å². The normalized spacial score (nSPS) is 18.9. The van der Waals surface area contributed by atoms with Crippen LogP contribution in [-0.4, -0.2) is 6.10 Å². The highest BCUT2D eigenvalue weighted by Crippen LogP contribution is 2.32. The van der Waals surface area contributed by atoms with Crippen molar-refractivity contribution in [2.75, 3.05) is 0 Å². The molecule has 0 saturated heterocycles. The predicted molar refractivity (Wildman–Crippen MR) is 61.9 cm³/mol. The average molecular weight is 218 g/mol. The van der Waals surface area contributed by atoms with Crippen LogP contribution in [0, 0.1) is 0 Å². The van der Waals surface area contributed by atoms with E-state index in [0.29, 0.717) is 5.75 Å². The van der Waals surface area contributed by atoms with Crippen LogP contribution < -0.4 is 10.2 Å². The minimum Gasteiger partial charge on any atom is -0.485 e. The Morgan fingerprint density at radius 3 is 3.07 bits per heavy atom. The zero-order chi connectivity index (χ0) is 10.4. The van der Waals surface area contributed by atoms with Crippen molar-refractivity contribution in [3.63, 3.8) is 0 Å². The summed E-state index contributed by atoms with van der Waals surface area (Å²) < 4.78 is 6.60. The van der Waals surface area contributed by atoms with Crippen LogP contribution in [0.15, 0.2) is 29.1 Å². The Labute approximate surface area is 91.1 Å². The van der Waals surface area contributed by atoms with Crippen molar-refractivity contribution in [2.24, 2.45) is 0 Å². The van der Waals surface area contributed by atoms with Crippen LogP contribution in [0.3, 0.4) is 0 Å². The molecule has 0 bridgehead atoms. The highest BCUT2D eigenvalue weighted by atomic mass is 32.1. The van der Waals surface area contributed by atoms with Crippen molar-refractivity contribution in [3.8, 4) is 5.75 Å². The van der Waals surface area contributed by atoms with Crippen LogP contribution >= 0.6 is 11.3 Å². The van der Waals surface area contributed by atoms with Gasteiger partial charge in [-0.3, -0.25) is 4.79 Å². The molecule has 0 fully saturated rings. The van der Waals surface area contributed by atoms with Gasteiger partial charge in [0, 0.05) is 16.5 Å². The van der Waals surface area contributed by atoms with Crippen LogP contribution in [-0.2, 0) is 6.42 Å². The van der Waals surface area contributed by atoms with E-state index in [1.165, 1.54) is 0 Å². The number of rotatable bonds is 0. The Morgan fingerprint density at radius 1 is 1.40 bits per heavy atom. The summed E-state index contributed by atoms with van der Waals surface area (Å²) in [7, 11) is 0. The molecule has 1 aliphatic rings. The van der Waals surface area contributed by atoms with Crippen molar-refractivity contribution in [3.05, 3.63) is 39.4 Å². The number of hydrogen-bond acceptors (Lipinski definition) is 3. The SMILES string of the molecule is CC1Cc2sc3ccccc3c(=O)c2O1. The van der Waals surface area contributed by atoms with Crippen molar-refractivity contribution < 1.29 is 4.74 Å². The zero-order valence-electron chi connectivity index (χ0n) is 8.32. The molecule has 1 unspecified atom stereocenters. The second-order valence-corrected chi connectivity index (χ2v) is 4.95. The van der Waals surface area contributed by atoms with Gasteiger partial charge in [0.15, 0.2) is 5.75 Å². The van der Waals surface area contributed by atoms with Gasteiger partial charge in [-0.1, -0.05) is 12.1 Å². The van der Waals surface area contributed by atoms with Gasteiger partial charge in [0.05, 0.1) is 4.88 Å². The molecule has 2 heterocycles. The molecule has 3 heteroatoms. The van der Waals surface area contributed by atoms with Crippen LogP contribution in [0.5, 0.6) is 5.75 Å². The van der Waals surface area contributed by atoms with Gasteiger partial charge in [0.2, 0.25) is 5.43 Å². The number of ether oxygens (including phenoxy) is 1. The molecule has 76 valence electrons. The van der Waals surface area contributed by atoms with Crippen LogP contribution in [0.4, 0.5) is 0 Å². The topological polar surface area (TPSA) is 26.3 Å². The highest BCUT2D eigenvalue weighted by Gasteiger charge is 2.23. The zero-order valence-corrected chi connectivity index (χ0v) is 9.14.